The Bertz CT molecular complexity index is 819. The number of fused-ring (bicyclic) bond motifs is 1. The van der Waals surface area contributed by atoms with Crippen LogP contribution >= 0.6 is 10.7 Å². The highest BCUT2D eigenvalue weighted by molar-refractivity contribution is 8.13. The van der Waals surface area contributed by atoms with E-state index in [0.29, 0.717) is 5.52 Å². The predicted octanol–water partition coefficient (Wildman–Crippen LogP) is 0.154. The first-order chi connectivity index (χ1) is 7.80. The summed E-state index contributed by atoms with van der Waals surface area (Å²) in [5, 5.41) is 0.0915. The molecular weight excluding hydrogens is 268 g/mol. The Morgan fingerprint density at radius 3 is 2.53 bits per heavy atom. The first-order valence-electron chi connectivity index (χ1n) is 4.48. The normalized spacial score (nSPS) is 11.9. The average molecular weight is 275 g/mol. The second-order valence-corrected chi connectivity index (χ2v) is 6.00. The van der Waals surface area contributed by atoms with Crippen LogP contribution in [-0.2, 0) is 16.1 Å². The predicted molar refractivity (Wildman–Crippen MR) is 62.8 cm³/mol. The number of halogens is 1. The molecule has 0 bridgehead atoms. The van der Waals surface area contributed by atoms with Crippen molar-refractivity contribution in [3.63, 3.8) is 0 Å². The minimum atomic E-state index is -3.90. The van der Waals surface area contributed by atoms with E-state index in [1.54, 1.807) is 0 Å². The van der Waals surface area contributed by atoms with E-state index >= 15 is 0 Å². The van der Waals surface area contributed by atoms with Crippen LogP contribution in [0, 0.1) is 0 Å². The van der Waals surface area contributed by atoms with Crippen LogP contribution < -0.4 is 11.2 Å². The number of rotatable bonds is 1. The highest BCUT2D eigenvalue weighted by atomic mass is 35.7. The molecule has 0 unspecified atom stereocenters. The van der Waals surface area contributed by atoms with Gasteiger partial charge in [-0.3, -0.25) is 14.3 Å². The van der Waals surface area contributed by atoms with Gasteiger partial charge in [0.05, 0.1) is 15.8 Å². The molecule has 0 aliphatic carbocycles. The maximum atomic E-state index is 11.5. The van der Waals surface area contributed by atoms with E-state index < -0.39 is 20.3 Å². The number of aryl methyl sites for hydroxylation is 1. The Morgan fingerprint density at radius 1 is 1.29 bits per heavy atom. The number of benzene rings is 1. The van der Waals surface area contributed by atoms with Crippen LogP contribution in [0.3, 0.4) is 0 Å². The van der Waals surface area contributed by atoms with Crippen molar-refractivity contribution in [2.75, 3.05) is 0 Å². The lowest BCUT2D eigenvalue weighted by atomic mass is 10.2. The standard InChI is InChI=1S/C9H7ClN2O4S/c1-12-7-3-2-5(17(10,15)16)4-6(7)8(13)11-9(12)14/h2-4H,1H3,(H,11,13,14). The third-order valence-corrected chi connectivity index (χ3v) is 3.73. The fourth-order valence-corrected chi connectivity index (χ4v) is 2.28. The summed E-state index contributed by atoms with van der Waals surface area (Å²) in [6.07, 6.45) is 0. The van der Waals surface area contributed by atoms with Gasteiger partial charge in [0.25, 0.3) is 14.6 Å². The Morgan fingerprint density at radius 2 is 1.94 bits per heavy atom. The molecule has 2 aromatic rings. The summed E-state index contributed by atoms with van der Waals surface area (Å²) in [5.41, 5.74) is -0.878. The van der Waals surface area contributed by atoms with E-state index in [4.69, 9.17) is 10.7 Å². The molecule has 1 aromatic carbocycles. The molecule has 0 saturated heterocycles. The zero-order chi connectivity index (χ0) is 12.8. The Labute approximate surface area is 99.9 Å². The molecule has 1 N–H and O–H groups in total. The summed E-state index contributed by atoms with van der Waals surface area (Å²) >= 11 is 0. The quantitative estimate of drug-likeness (QED) is 0.750. The molecule has 0 radical (unpaired) electrons. The van der Waals surface area contributed by atoms with Crippen LogP contribution in [0.15, 0.2) is 32.7 Å². The highest BCUT2D eigenvalue weighted by Gasteiger charge is 2.13. The van der Waals surface area contributed by atoms with Gasteiger partial charge in [-0.25, -0.2) is 13.2 Å². The Balaban J connectivity index is 2.99. The molecule has 0 aliphatic rings. The van der Waals surface area contributed by atoms with Crippen molar-refractivity contribution in [1.29, 1.82) is 0 Å². The summed E-state index contributed by atoms with van der Waals surface area (Å²) < 4.78 is 23.5. The van der Waals surface area contributed by atoms with Crippen LogP contribution in [0.1, 0.15) is 0 Å². The van der Waals surface area contributed by atoms with Gasteiger partial charge in [-0.15, -0.1) is 0 Å². The second-order valence-electron chi connectivity index (χ2n) is 3.44. The fraction of sp³-hybridized carbons (Fsp3) is 0.111. The van der Waals surface area contributed by atoms with Crippen LogP contribution in [0.2, 0.25) is 0 Å². The van der Waals surface area contributed by atoms with Crippen LogP contribution in [0.5, 0.6) is 0 Å². The molecule has 8 heteroatoms. The smallest absolute Gasteiger partial charge is 0.296 e. The van der Waals surface area contributed by atoms with Crippen molar-refractivity contribution in [3.05, 3.63) is 39.0 Å². The summed E-state index contributed by atoms with van der Waals surface area (Å²) in [6, 6.07) is 3.74. The van der Waals surface area contributed by atoms with Gasteiger partial charge in [-0.1, -0.05) is 0 Å². The maximum Gasteiger partial charge on any atom is 0.328 e. The van der Waals surface area contributed by atoms with Crippen molar-refractivity contribution in [2.45, 2.75) is 4.90 Å². The van der Waals surface area contributed by atoms with Crippen molar-refractivity contribution in [1.82, 2.24) is 9.55 Å². The number of H-pyrrole nitrogens is 1. The molecule has 0 fully saturated rings. The summed E-state index contributed by atoms with van der Waals surface area (Å²) in [4.78, 5) is 24.7. The Kier molecular flexibility index (Phi) is 2.59. The van der Waals surface area contributed by atoms with E-state index in [-0.39, 0.29) is 10.3 Å². The summed E-state index contributed by atoms with van der Waals surface area (Å²) in [5.74, 6) is 0. The van der Waals surface area contributed by atoms with E-state index in [9.17, 15) is 18.0 Å². The zero-order valence-electron chi connectivity index (χ0n) is 8.60. The molecule has 1 aromatic heterocycles. The van der Waals surface area contributed by atoms with Crippen molar-refractivity contribution in [3.8, 4) is 0 Å². The number of hydrogen-bond donors (Lipinski definition) is 1. The topological polar surface area (TPSA) is 89.0 Å². The lowest BCUT2D eigenvalue weighted by molar-refractivity contribution is 0.609. The van der Waals surface area contributed by atoms with Gasteiger partial charge in [0.1, 0.15) is 0 Å². The second kappa shape index (κ2) is 3.71. The number of aromatic amines is 1. The third-order valence-electron chi connectivity index (χ3n) is 2.38. The van der Waals surface area contributed by atoms with E-state index in [2.05, 4.69) is 4.98 Å². The van der Waals surface area contributed by atoms with Gasteiger partial charge >= 0.3 is 5.69 Å². The number of nitrogens with zero attached hydrogens (tertiary/aromatic N) is 1. The molecule has 1 heterocycles. The minimum absolute atomic E-state index is 0.0915. The number of aromatic nitrogens is 2. The van der Waals surface area contributed by atoms with Gasteiger partial charge in [-0.05, 0) is 18.2 Å². The molecule has 90 valence electrons. The van der Waals surface area contributed by atoms with Gasteiger partial charge in [0, 0.05) is 17.7 Å². The van der Waals surface area contributed by atoms with Crippen molar-refractivity contribution in [2.24, 2.45) is 7.05 Å². The lowest BCUT2D eigenvalue weighted by Gasteiger charge is -2.04. The van der Waals surface area contributed by atoms with Crippen molar-refractivity contribution >= 4 is 30.6 Å². The molecule has 0 amide bonds. The molecule has 0 atom stereocenters. The number of nitrogens with one attached hydrogen (secondary N) is 1. The molecule has 0 saturated carbocycles. The number of hydrogen-bond acceptors (Lipinski definition) is 4. The highest BCUT2D eigenvalue weighted by Crippen LogP contribution is 2.18. The summed E-state index contributed by atoms with van der Waals surface area (Å²) in [7, 11) is 2.74. The van der Waals surface area contributed by atoms with Gasteiger partial charge < -0.3 is 0 Å². The van der Waals surface area contributed by atoms with Crippen LogP contribution in [-0.4, -0.2) is 18.0 Å². The molecule has 17 heavy (non-hydrogen) atoms. The molecule has 2 rings (SSSR count). The Hall–Kier alpha value is -1.60. The average Bonchev–Trinajstić information content (AvgIpc) is 2.24. The van der Waals surface area contributed by atoms with Crippen LogP contribution in [0.4, 0.5) is 0 Å². The third kappa shape index (κ3) is 1.98. The zero-order valence-corrected chi connectivity index (χ0v) is 10.2. The van der Waals surface area contributed by atoms with E-state index in [1.807, 2.05) is 0 Å². The van der Waals surface area contributed by atoms with Gasteiger partial charge in [0.2, 0.25) is 0 Å². The molecule has 0 aliphatic heterocycles. The van der Waals surface area contributed by atoms with E-state index in [0.717, 1.165) is 6.07 Å². The summed E-state index contributed by atoms with van der Waals surface area (Å²) in [6.45, 7) is 0. The molecule has 6 nitrogen and oxygen atoms in total. The van der Waals surface area contributed by atoms with E-state index in [1.165, 1.54) is 23.7 Å². The first kappa shape index (κ1) is 11.9. The first-order valence-corrected chi connectivity index (χ1v) is 6.79. The minimum Gasteiger partial charge on any atom is -0.296 e. The monoisotopic (exact) mass is 274 g/mol. The van der Waals surface area contributed by atoms with Gasteiger partial charge in [-0.2, -0.15) is 0 Å². The maximum absolute atomic E-state index is 11.5. The van der Waals surface area contributed by atoms with Gasteiger partial charge in [0.15, 0.2) is 0 Å². The molecular formula is C9H7ClN2O4S. The van der Waals surface area contributed by atoms with Crippen molar-refractivity contribution < 1.29 is 8.42 Å². The fourth-order valence-electron chi connectivity index (χ4n) is 1.50. The lowest BCUT2D eigenvalue weighted by Crippen LogP contribution is -2.28. The SMILES string of the molecule is Cn1c(=O)[nH]c(=O)c2cc(S(=O)(=O)Cl)ccc21. The van der Waals surface area contributed by atoms with Crippen LogP contribution in [0.25, 0.3) is 10.9 Å². The largest absolute Gasteiger partial charge is 0.328 e. The molecule has 0 spiro atoms.